The number of nitrogens with zero attached hydrogens (tertiary/aromatic N) is 1. The van der Waals surface area contributed by atoms with Crippen LogP contribution in [0.15, 0.2) is 30.6 Å². The summed E-state index contributed by atoms with van der Waals surface area (Å²) in [5, 5.41) is 3.07. The first-order valence-corrected chi connectivity index (χ1v) is 5.40. The first-order valence-electron chi connectivity index (χ1n) is 5.40. The van der Waals surface area contributed by atoms with E-state index < -0.39 is 17.7 Å². The number of nitrogens with one attached hydrogen (secondary N) is 2. The van der Waals surface area contributed by atoms with Crippen molar-refractivity contribution in [2.45, 2.75) is 13.0 Å². The highest BCUT2D eigenvalue weighted by Gasteiger charge is 2.20. The van der Waals surface area contributed by atoms with Crippen LogP contribution in [0.3, 0.4) is 0 Å². The second-order valence-corrected chi connectivity index (χ2v) is 3.61. The van der Waals surface area contributed by atoms with Gasteiger partial charge < -0.3 is 10.3 Å². The number of aromatic nitrogens is 2. The van der Waals surface area contributed by atoms with E-state index in [0.29, 0.717) is 12.4 Å². The summed E-state index contributed by atoms with van der Waals surface area (Å²) in [6.07, 6.45) is 3.23. The molecule has 0 aliphatic heterocycles. The average Bonchev–Trinajstić information content (AvgIpc) is 2.84. The standard InChI is InChI=1S/C12H13F2N3/c1-2-15-11(12-16-6-7-17-12)8-4-3-5-9(13)10(8)14/h3-7,11,15H,2H2,1H3,(H,16,17). The monoisotopic (exact) mass is 237 g/mol. The van der Waals surface area contributed by atoms with Gasteiger partial charge in [0.15, 0.2) is 11.6 Å². The zero-order chi connectivity index (χ0) is 12.3. The van der Waals surface area contributed by atoms with Gasteiger partial charge in [0.05, 0.1) is 6.04 Å². The van der Waals surface area contributed by atoms with Gasteiger partial charge in [0.25, 0.3) is 0 Å². The first kappa shape index (κ1) is 11.7. The van der Waals surface area contributed by atoms with E-state index in [9.17, 15) is 8.78 Å². The summed E-state index contributed by atoms with van der Waals surface area (Å²) in [5.74, 6) is -1.12. The van der Waals surface area contributed by atoms with Crippen LogP contribution in [0.25, 0.3) is 0 Å². The van der Waals surface area contributed by atoms with E-state index in [1.54, 1.807) is 18.5 Å². The summed E-state index contributed by atoms with van der Waals surface area (Å²) < 4.78 is 26.9. The van der Waals surface area contributed by atoms with Crippen LogP contribution in [0, 0.1) is 11.6 Å². The smallest absolute Gasteiger partial charge is 0.164 e. The van der Waals surface area contributed by atoms with E-state index >= 15 is 0 Å². The molecule has 90 valence electrons. The number of H-pyrrole nitrogens is 1. The molecule has 5 heteroatoms. The lowest BCUT2D eigenvalue weighted by Crippen LogP contribution is -2.24. The van der Waals surface area contributed by atoms with Crippen LogP contribution in [0.5, 0.6) is 0 Å². The van der Waals surface area contributed by atoms with Crippen LogP contribution < -0.4 is 5.32 Å². The van der Waals surface area contributed by atoms with Crippen molar-refractivity contribution in [3.63, 3.8) is 0 Å². The van der Waals surface area contributed by atoms with Gasteiger partial charge >= 0.3 is 0 Å². The van der Waals surface area contributed by atoms with E-state index in [-0.39, 0.29) is 5.56 Å². The van der Waals surface area contributed by atoms with Crippen molar-refractivity contribution < 1.29 is 8.78 Å². The van der Waals surface area contributed by atoms with Gasteiger partial charge in [0.1, 0.15) is 5.82 Å². The molecule has 0 radical (unpaired) electrons. The number of benzene rings is 1. The molecule has 2 aromatic rings. The molecule has 1 unspecified atom stereocenters. The third-order valence-electron chi connectivity index (χ3n) is 2.49. The van der Waals surface area contributed by atoms with Gasteiger partial charge in [0.2, 0.25) is 0 Å². The van der Waals surface area contributed by atoms with Gasteiger partial charge in [-0.15, -0.1) is 0 Å². The Hall–Kier alpha value is -1.75. The molecule has 0 saturated heterocycles. The molecule has 1 atom stereocenters. The minimum atomic E-state index is -0.850. The Labute approximate surface area is 97.9 Å². The maximum absolute atomic E-state index is 13.7. The predicted octanol–water partition coefficient (Wildman–Crippen LogP) is 2.39. The Morgan fingerprint density at radius 2 is 2.24 bits per heavy atom. The zero-order valence-electron chi connectivity index (χ0n) is 9.37. The molecule has 0 spiro atoms. The molecule has 0 amide bonds. The van der Waals surface area contributed by atoms with Crippen molar-refractivity contribution in [1.82, 2.24) is 15.3 Å². The SMILES string of the molecule is CCNC(c1ncc[nH]1)c1cccc(F)c1F. The zero-order valence-corrected chi connectivity index (χ0v) is 9.37. The van der Waals surface area contributed by atoms with Crippen molar-refractivity contribution in [2.24, 2.45) is 0 Å². The number of hydrogen-bond acceptors (Lipinski definition) is 2. The minimum absolute atomic E-state index is 0.252. The predicted molar refractivity (Wildman–Crippen MR) is 60.5 cm³/mol. The van der Waals surface area contributed by atoms with E-state index in [2.05, 4.69) is 15.3 Å². The van der Waals surface area contributed by atoms with E-state index in [1.165, 1.54) is 6.07 Å². The van der Waals surface area contributed by atoms with Gasteiger partial charge in [-0.1, -0.05) is 19.1 Å². The second kappa shape index (κ2) is 5.05. The normalized spacial score (nSPS) is 12.6. The molecule has 0 saturated carbocycles. The summed E-state index contributed by atoms with van der Waals surface area (Å²) in [6.45, 7) is 2.52. The van der Waals surface area contributed by atoms with Crippen molar-refractivity contribution in [1.29, 1.82) is 0 Å². The third-order valence-corrected chi connectivity index (χ3v) is 2.49. The van der Waals surface area contributed by atoms with Crippen molar-refractivity contribution in [2.75, 3.05) is 6.54 Å². The topological polar surface area (TPSA) is 40.7 Å². The highest BCUT2D eigenvalue weighted by molar-refractivity contribution is 5.27. The first-order chi connectivity index (χ1) is 8.24. The minimum Gasteiger partial charge on any atom is -0.347 e. The summed E-state index contributed by atoms with van der Waals surface area (Å²) >= 11 is 0. The van der Waals surface area contributed by atoms with E-state index in [0.717, 1.165) is 6.07 Å². The summed E-state index contributed by atoms with van der Waals surface area (Å²) in [7, 11) is 0. The molecule has 2 rings (SSSR count). The van der Waals surface area contributed by atoms with Crippen LogP contribution in [-0.2, 0) is 0 Å². The molecule has 0 aliphatic rings. The summed E-state index contributed by atoms with van der Waals surface area (Å²) in [6, 6.07) is 3.67. The molecule has 0 aliphatic carbocycles. The lowest BCUT2D eigenvalue weighted by molar-refractivity contribution is 0.479. The molecule has 1 aromatic carbocycles. The van der Waals surface area contributed by atoms with E-state index in [1.807, 2.05) is 6.92 Å². The highest BCUT2D eigenvalue weighted by atomic mass is 19.2. The number of aromatic amines is 1. The van der Waals surface area contributed by atoms with Crippen molar-refractivity contribution in [3.8, 4) is 0 Å². The maximum atomic E-state index is 13.7. The van der Waals surface area contributed by atoms with Gasteiger partial charge in [0, 0.05) is 18.0 Å². The largest absolute Gasteiger partial charge is 0.347 e. The van der Waals surface area contributed by atoms with Crippen LogP contribution in [-0.4, -0.2) is 16.5 Å². The average molecular weight is 237 g/mol. The quantitative estimate of drug-likeness (QED) is 0.857. The lowest BCUT2D eigenvalue weighted by atomic mass is 10.1. The lowest BCUT2D eigenvalue weighted by Gasteiger charge is -2.16. The Balaban J connectivity index is 2.43. The van der Waals surface area contributed by atoms with Crippen LogP contribution >= 0.6 is 0 Å². The molecule has 1 aromatic heterocycles. The summed E-state index contributed by atoms with van der Waals surface area (Å²) in [4.78, 5) is 6.98. The second-order valence-electron chi connectivity index (χ2n) is 3.61. The van der Waals surface area contributed by atoms with Crippen LogP contribution in [0.1, 0.15) is 24.4 Å². The molecule has 0 fully saturated rings. The number of rotatable bonds is 4. The number of hydrogen-bond donors (Lipinski definition) is 2. The number of halogens is 2. The van der Waals surface area contributed by atoms with E-state index in [4.69, 9.17) is 0 Å². The Morgan fingerprint density at radius 3 is 2.88 bits per heavy atom. The van der Waals surface area contributed by atoms with Gasteiger partial charge in [-0.25, -0.2) is 13.8 Å². The van der Waals surface area contributed by atoms with Crippen LogP contribution in [0.2, 0.25) is 0 Å². The van der Waals surface area contributed by atoms with Crippen molar-refractivity contribution in [3.05, 3.63) is 53.6 Å². The van der Waals surface area contributed by atoms with Crippen LogP contribution in [0.4, 0.5) is 8.78 Å². The molecular weight excluding hydrogens is 224 g/mol. The highest BCUT2D eigenvalue weighted by Crippen LogP contribution is 2.23. The molecular formula is C12H13F2N3. The third kappa shape index (κ3) is 2.34. The summed E-state index contributed by atoms with van der Waals surface area (Å²) in [5.41, 5.74) is 0.252. The fourth-order valence-electron chi connectivity index (χ4n) is 1.74. The maximum Gasteiger partial charge on any atom is 0.164 e. The van der Waals surface area contributed by atoms with Gasteiger partial charge in [-0.05, 0) is 12.6 Å². The molecule has 1 heterocycles. The Kier molecular flexibility index (Phi) is 3.49. The molecule has 17 heavy (non-hydrogen) atoms. The van der Waals surface area contributed by atoms with Gasteiger partial charge in [-0.2, -0.15) is 0 Å². The fraction of sp³-hybridized carbons (Fsp3) is 0.250. The molecule has 3 nitrogen and oxygen atoms in total. The Bertz CT molecular complexity index is 483. The van der Waals surface area contributed by atoms with Crippen molar-refractivity contribution >= 4 is 0 Å². The Morgan fingerprint density at radius 1 is 1.41 bits per heavy atom. The molecule has 2 N–H and O–H groups in total. The fourth-order valence-corrected chi connectivity index (χ4v) is 1.74. The van der Waals surface area contributed by atoms with Gasteiger partial charge in [-0.3, -0.25) is 0 Å². The number of imidazole rings is 1. The molecule has 0 bridgehead atoms.